The maximum absolute atomic E-state index is 12.7. The van der Waals surface area contributed by atoms with Crippen molar-refractivity contribution in [2.45, 2.75) is 32.5 Å². The SMILES string of the molecule is CC(C)(C)OC(=O)N1CCN(c2ccc3[nH]cc(NC(=O)Nc4ccc(C(F)(F)F)cc4)c3n2)CC1. The lowest BCUT2D eigenvalue weighted by molar-refractivity contribution is -0.137. The minimum atomic E-state index is -4.45. The van der Waals surface area contributed by atoms with Crippen LogP contribution in [0.15, 0.2) is 42.6 Å². The van der Waals surface area contributed by atoms with E-state index in [0.717, 1.165) is 12.1 Å². The summed E-state index contributed by atoms with van der Waals surface area (Å²) in [5.74, 6) is 0.692. The molecule has 0 atom stereocenters. The number of hydrogen-bond donors (Lipinski definition) is 3. The number of nitrogens with one attached hydrogen (secondary N) is 3. The minimum absolute atomic E-state index is 0.219. The molecule has 0 saturated carbocycles. The number of piperazine rings is 1. The summed E-state index contributed by atoms with van der Waals surface area (Å²) in [6.07, 6.45) is -3.20. The van der Waals surface area contributed by atoms with E-state index in [1.807, 2.05) is 37.8 Å². The van der Waals surface area contributed by atoms with Gasteiger partial charge >= 0.3 is 18.3 Å². The van der Waals surface area contributed by atoms with Crippen molar-refractivity contribution in [1.29, 1.82) is 0 Å². The number of urea groups is 1. The van der Waals surface area contributed by atoms with E-state index >= 15 is 0 Å². The summed E-state index contributed by atoms with van der Waals surface area (Å²) in [6.45, 7) is 7.59. The molecule has 2 aromatic heterocycles. The van der Waals surface area contributed by atoms with Crippen LogP contribution in [0.3, 0.4) is 0 Å². The fourth-order valence-corrected chi connectivity index (χ4v) is 3.73. The Bertz CT molecular complexity index is 1240. The van der Waals surface area contributed by atoms with Crippen LogP contribution in [0.4, 0.5) is 40.0 Å². The number of halogens is 3. The molecular formula is C24H27F3N6O3. The van der Waals surface area contributed by atoms with Gasteiger partial charge in [-0.25, -0.2) is 14.6 Å². The number of fused-ring (bicyclic) bond motifs is 1. The third kappa shape index (κ3) is 5.99. The van der Waals surface area contributed by atoms with Crippen LogP contribution in [0.5, 0.6) is 0 Å². The lowest BCUT2D eigenvalue weighted by Crippen LogP contribution is -2.50. The van der Waals surface area contributed by atoms with Crippen molar-refractivity contribution >= 4 is 40.4 Å². The molecule has 1 fully saturated rings. The highest BCUT2D eigenvalue weighted by Gasteiger charge is 2.30. The van der Waals surface area contributed by atoms with Gasteiger partial charge in [-0.15, -0.1) is 0 Å². The smallest absolute Gasteiger partial charge is 0.416 e. The van der Waals surface area contributed by atoms with Crippen molar-refractivity contribution in [2.75, 3.05) is 41.7 Å². The lowest BCUT2D eigenvalue weighted by Gasteiger charge is -2.36. The normalized spacial score (nSPS) is 14.6. The van der Waals surface area contributed by atoms with E-state index in [-0.39, 0.29) is 11.8 Å². The summed E-state index contributed by atoms with van der Waals surface area (Å²) in [6, 6.07) is 7.25. The van der Waals surface area contributed by atoms with E-state index in [1.165, 1.54) is 12.1 Å². The first kappa shape index (κ1) is 25.1. The summed E-state index contributed by atoms with van der Waals surface area (Å²) in [4.78, 5) is 36.2. The highest BCUT2D eigenvalue weighted by molar-refractivity contribution is 6.05. The molecule has 0 spiro atoms. The molecule has 3 amide bonds. The minimum Gasteiger partial charge on any atom is -0.444 e. The number of aromatic amines is 1. The first-order chi connectivity index (χ1) is 16.9. The lowest BCUT2D eigenvalue weighted by atomic mass is 10.2. The molecule has 0 radical (unpaired) electrons. The van der Waals surface area contributed by atoms with E-state index in [9.17, 15) is 22.8 Å². The van der Waals surface area contributed by atoms with Crippen molar-refractivity contribution in [3.63, 3.8) is 0 Å². The third-order valence-electron chi connectivity index (χ3n) is 5.48. The maximum Gasteiger partial charge on any atom is 0.416 e. The predicted octanol–water partition coefficient (Wildman–Crippen LogP) is 5.28. The van der Waals surface area contributed by atoms with Gasteiger partial charge in [-0.1, -0.05) is 0 Å². The van der Waals surface area contributed by atoms with Crippen LogP contribution in [-0.2, 0) is 10.9 Å². The average Bonchev–Trinajstić information content (AvgIpc) is 3.19. The number of H-pyrrole nitrogens is 1. The number of alkyl halides is 3. The zero-order valence-corrected chi connectivity index (χ0v) is 20.1. The number of pyridine rings is 1. The number of benzene rings is 1. The van der Waals surface area contributed by atoms with Gasteiger partial charge in [0.25, 0.3) is 0 Å². The van der Waals surface area contributed by atoms with Crippen LogP contribution >= 0.6 is 0 Å². The van der Waals surface area contributed by atoms with Gasteiger partial charge < -0.3 is 30.2 Å². The van der Waals surface area contributed by atoms with E-state index in [2.05, 4.69) is 20.6 Å². The number of nitrogens with zero attached hydrogens (tertiary/aromatic N) is 3. The van der Waals surface area contributed by atoms with E-state index in [4.69, 9.17) is 4.74 Å². The van der Waals surface area contributed by atoms with Crippen LogP contribution < -0.4 is 15.5 Å². The molecule has 0 unspecified atom stereocenters. The predicted molar refractivity (Wildman–Crippen MR) is 130 cm³/mol. The molecule has 36 heavy (non-hydrogen) atoms. The van der Waals surface area contributed by atoms with E-state index in [1.54, 1.807) is 11.1 Å². The topological polar surface area (TPSA) is 103 Å². The summed E-state index contributed by atoms with van der Waals surface area (Å²) in [5, 5.41) is 5.19. The molecule has 3 N–H and O–H groups in total. The number of ether oxygens (including phenoxy) is 1. The number of amides is 3. The molecule has 4 rings (SSSR count). The molecule has 3 heterocycles. The second-order valence-electron chi connectivity index (χ2n) is 9.38. The van der Waals surface area contributed by atoms with Gasteiger partial charge in [-0.05, 0) is 57.2 Å². The maximum atomic E-state index is 12.7. The monoisotopic (exact) mass is 504 g/mol. The van der Waals surface area contributed by atoms with Crippen molar-refractivity contribution in [2.24, 2.45) is 0 Å². The molecule has 3 aromatic rings. The van der Waals surface area contributed by atoms with Crippen LogP contribution in [0.25, 0.3) is 11.0 Å². The molecule has 0 bridgehead atoms. The molecule has 9 nitrogen and oxygen atoms in total. The van der Waals surface area contributed by atoms with Gasteiger partial charge in [0.1, 0.15) is 16.9 Å². The first-order valence-electron chi connectivity index (χ1n) is 11.4. The van der Waals surface area contributed by atoms with Crippen molar-refractivity contribution in [1.82, 2.24) is 14.9 Å². The summed E-state index contributed by atoms with van der Waals surface area (Å²) < 4.78 is 43.6. The molecule has 0 aliphatic carbocycles. The fraction of sp³-hybridized carbons (Fsp3) is 0.375. The summed E-state index contributed by atoms with van der Waals surface area (Å²) in [7, 11) is 0. The van der Waals surface area contributed by atoms with Crippen LogP contribution in [0.2, 0.25) is 0 Å². The Morgan fingerprint density at radius 2 is 1.64 bits per heavy atom. The quantitative estimate of drug-likeness (QED) is 0.450. The molecule has 192 valence electrons. The zero-order valence-electron chi connectivity index (χ0n) is 20.1. The molecule has 1 saturated heterocycles. The van der Waals surface area contributed by atoms with Crippen LogP contribution in [0, 0.1) is 0 Å². The van der Waals surface area contributed by atoms with Gasteiger partial charge in [0.2, 0.25) is 0 Å². The standard InChI is InChI=1S/C24H27F3N6O3/c1-23(2,3)36-22(35)33-12-10-32(11-13-33)19-9-8-17-20(31-19)18(14-28-17)30-21(34)29-16-6-4-15(5-7-16)24(25,26)27/h4-9,14,28H,10-13H2,1-3H3,(H2,29,30,34). The average molecular weight is 505 g/mol. The molecule has 1 aliphatic rings. The Balaban J connectivity index is 1.40. The molecule has 12 heteroatoms. The largest absolute Gasteiger partial charge is 0.444 e. The van der Waals surface area contributed by atoms with E-state index in [0.29, 0.717) is 48.7 Å². The fourth-order valence-electron chi connectivity index (χ4n) is 3.73. The van der Waals surface area contributed by atoms with Crippen LogP contribution in [-0.4, -0.2) is 58.8 Å². The van der Waals surface area contributed by atoms with Gasteiger partial charge in [0.05, 0.1) is 16.8 Å². The van der Waals surface area contributed by atoms with Crippen LogP contribution in [0.1, 0.15) is 26.3 Å². The van der Waals surface area contributed by atoms with E-state index < -0.39 is 23.4 Å². The Hall–Kier alpha value is -3.96. The zero-order chi connectivity index (χ0) is 26.1. The van der Waals surface area contributed by atoms with Crippen molar-refractivity contribution in [3.8, 4) is 0 Å². The third-order valence-corrected chi connectivity index (χ3v) is 5.48. The van der Waals surface area contributed by atoms with Gasteiger partial charge in [-0.2, -0.15) is 13.2 Å². The highest BCUT2D eigenvalue weighted by atomic mass is 19.4. The van der Waals surface area contributed by atoms with Gasteiger partial charge in [0, 0.05) is 38.1 Å². The number of rotatable bonds is 3. The van der Waals surface area contributed by atoms with Crippen molar-refractivity contribution in [3.05, 3.63) is 48.2 Å². The molecule has 1 aromatic carbocycles. The Morgan fingerprint density at radius 1 is 0.972 bits per heavy atom. The first-order valence-corrected chi connectivity index (χ1v) is 11.4. The summed E-state index contributed by atoms with van der Waals surface area (Å²) >= 11 is 0. The number of aromatic nitrogens is 2. The Labute approximate surface area is 205 Å². The number of carbonyl (C=O) groups is 2. The number of carbonyl (C=O) groups excluding carboxylic acids is 2. The second-order valence-corrected chi connectivity index (χ2v) is 9.38. The summed E-state index contributed by atoms with van der Waals surface area (Å²) in [5.41, 5.74) is 0.520. The van der Waals surface area contributed by atoms with Crippen molar-refractivity contribution < 1.29 is 27.5 Å². The van der Waals surface area contributed by atoms with Gasteiger partial charge in [0.15, 0.2) is 0 Å². The number of hydrogen-bond acceptors (Lipinski definition) is 5. The molecule has 1 aliphatic heterocycles. The second kappa shape index (κ2) is 9.59. The number of anilines is 3. The highest BCUT2D eigenvalue weighted by Crippen LogP contribution is 2.30. The van der Waals surface area contributed by atoms with Gasteiger partial charge in [-0.3, -0.25) is 0 Å². The molecular weight excluding hydrogens is 477 g/mol. The Morgan fingerprint density at radius 3 is 2.25 bits per heavy atom. The Kier molecular flexibility index (Phi) is 6.70.